The van der Waals surface area contributed by atoms with Gasteiger partial charge in [0.05, 0.1) is 16.9 Å². The maximum atomic E-state index is 13.6. The van der Waals surface area contributed by atoms with Crippen LogP contribution in [0.1, 0.15) is 72.3 Å². The van der Waals surface area contributed by atoms with Gasteiger partial charge in [-0.05, 0) is 69.4 Å². The molecule has 0 saturated carbocycles. The molecule has 1 atom stereocenters. The second-order valence-electron chi connectivity index (χ2n) is 11.0. The van der Waals surface area contributed by atoms with Gasteiger partial charge < -0.3 is 25.6 Å². The summed E-state index contributed by atoms with van der Waals surface area (Å²) in [6, 6.07) is 3.12. The number of aryl methyl sites for hydroxylation is 1. The van der Waals surface area contributed by atoms with E-state index < -0.39 is 46.4 Å². The number of amides is 3. The van der Waals surface area contributed by atoms with Crippen LogP contribution in [0.3, 0.4) is 0 Å². The van der Waals surface area contributed by atoms with Gasteiger partial charge in [-0.3, -0.25) is 19.2 Å². The van der Waals surface area contributed by atoms with Crippen LogP contribution in [0.4, 0.5) is 10.1 Å². The lowest BCUT2D eigenvalue weighted by Crippen LogP contribution is -2.56. The van der Waals surface area contributed by atoms with E-state index in [-0.39, 0.29) is 17.8 Å². The molecule has 1 aromatic heterocycles. The van der Waals surface area contributed by atoms with Gasteiger partial charge in [-0.15, -0.1) is 0 Å². The molecular weight excluding hydrogens is 479 g/mol. The Morgan fingerprint density at radius 2 is 1.65 bits per heavy atom. The van der Waals surface area contributed by atoms with Crippen LogP contribution in [-0.4, -0.2) is 51.4 Å². The van der Waals surface area contributed by atoms with Crippen molar-refractivity contribution in [3.05, 3.63) is 52.1 Å². The van der Waals surface area contributed by atoms with Gasteiger partial charge >= 0.3 is 0 Å². The highest BCUT2D eigenvalue weighted by Gasteiger charge is 2.36. The van der Waals surface area contributed by atoms with Crippen LogP contribution in [0.25, 0.3) is 0 Å². The normalized spacial score (nSPS) is 12.6. The van der Waals surface area contributed by atoms with E-state index in [0.717, 1.165) is 0 Å². The molecule has 0 aliphatic carbocycles. The van der Waals surface area contributed by atoms with E-state index in [9.17, 15) is 28.7 Å². The van der Waals surface area contributed by atoms with Gasteiger partial charge in [0.2, 0.25) is 5.91 Å². The monoisotopic (exact) mass is 516 g/mol. The summed E-state index contributed by atoms with van der Waals surface area (Å²) in [7, 11) is 1.57. The highest BCUT2D eigenvalue weighted by Crippen LogP contribution is 2.25. The molecule has 0 spiro atoms. The Morgan fingerprint density at radius 1 is 1.05 bits per heavy atom. The SMILES string of the molecule is Cc1cc(NC(=O)c2c(C)c(C(=O)C(=O)N[C@@H](C(=O)NCC(C)(C)O)C(C)(C)C)n(C)c2C)ccc1F. The second-order valence-corrected chi connectivity index (χ2v) is 11.0. The molecule has 0 radical (unpaired) electrons. The Morgan fingerprint density at radius 3 is 2.16 bits per heavy atom. The number of carbonyl (C=O) groups excluding carboxylic acids is 4. The fraction of sp³-hybridized carbons (Fsp3) is 0.481. The first-order chi connectivity index (χ1) is 16.8. The number of ketones is 1. The van der Waals surface area contributed by atoms with Crippen molar-refractivity contribution in [2.75, 3.05) is 11.9 Å². The number of aliphatic hydroxyl groups is 1. The molecule has 0 aliphatic rings. The van der Waals surface area contributed by atoms with Crippen LogP contribution in [0.15, 0.2) is 18.2 Å². The third-order valence-corrected chi connectivity index (χ3v) is 6.09. The first kappa shape index (κ1) is 29.7. The molecule has 1 aromatic carbocycles. The average Bonchev–Trinajstić information content (AvgIpc) is 2.99. The molecule has 37 heavy (non-hydrogen) atoms. The van der Waals surface area contributed by atoms with E-state index in [2.05, 4.69) is 16.0 Å². The van der Waals surface area contributed by atoms with Crippen molar-refractivity contribution >= 4 is 29.2 Å². The van der Waals surface area contributed by atoms with Crippen LogP contribution in [-0.2, 0) is 16.6 Å². The molecule has 0 aliphatic heterocycles. The molecule has 0 saturated heterocycles. The van der Waals surface area contributed by atoms with Crippen LogP contribution < -0.4 is 16.0 Å². The number of aromatic nitrogens is 1. The number of anilines is 1. The predicted molar refractivity (Wildman–Crippen MR) is 139 cm³/mol. The van der Waals surface area contributed by atoms with Crippen LogP contribution in [0.5, 0.6) is 0 Å². The zero-order valence-corrected chi connectivity index (χ0v) is 22.9. The Hall–Kier alpha value is -3.53. The zero-order chi connectivity index (χ0) is 28.5. The van der Waals surface area contributed by atoms with Crippen molar-refractivity contribution in [2.24, 2.45) is 12.5 Å². The lowest BCUT2D eigenvalue weighted by Gasteiger charge is -2.31. The Bertz CT molecular complexity index is 1230. The zero-order valence-electron chi connectivity index (χ0n) is 22.9. The van der Waals surface area contributed by atoms with Crippen molar-refractivity contribution in [2.45, 2.75) is 67.0 Å². The Balaban J connectivity index is 2.32. The number of nitrogens with zero attached hydrogens (tertiary/aromatic N) is 1. The number of hydrogen-bond acceptors (Lipinski definition) is 5. The Labute approximate surface area is 216 Å². The summed E-state index contributed by atoms with van der Waals surface area (Å²) in [4.78, 5) is 52.1. The predicted octanol–water partition coefficient (Wildman–Crippen LogP) is 2.94. The number of hydrogen-bond donors (Lipinski definition) is 4. The van der Waals surface area contributed by atoms with Gasteiger partial charge in [0.1, 0.15) is 11.9 Å². The quantitative estimate of drug-likeness (QED) is 0.317. The minimum Gasteiger partial charge on any atom is -0.389 e. The van der Waals surface area contributed by atoms with Gasteiger partial charge in [-0.2, -0.15) is 0 Å². The van der Waals surface area contributed by atoms with Gasteiger partial charge in [0.15, 0.2) is 0 Å². The van der Waals surface area contributed by atoms with Crippen molar-refractivity contribution < 1.29 is 28.7 Å². The molecule has 2 aromatic rings. The number of carbonyl (C=O) groups is 4. The van der Waals surface area contributed by atoms with E-state index in [0.29, 0.717) is 22.5 Å². The first-order valence-corrected chi connectivity index (χ1v) is 11.9. The molecule has 9 nitrogen and oxygen atoms in total. The topological polar surface area (TPSA) is 130 Å². The lowest BCUT2D eigenvalue weighted by atomic mass is 9.85. The van der Waals surface area contributed by atoms with E-state index in [1.165, 1.54) is 36.6 Å². The lowest BCUT2D eigenvalue weighted by molar-refractivity contribution is -0.130. The Kier molecular flexibility index (Phi) is 8.70. The molecule has 0 fully saturated rings. The highest BCUT2D eigenvalue weighted by atomic mass is 19.1. The highest BCUT2D eigenvalue weighted by molar-refractivity contribution is 6.43. The van der Waals surface area contributed by atoms with E-state index in [1.807, 2.05) is 0 Å². The molecular formula is C27H37FN4O5. The summed E-state index contributed by atoms with van der Waals surface area (Å²) in [6.07, 6.45) is 0. The number of benzene rings is 1. The summed E-state index contributed by atoms with van der Waals surface area (Å²) in [6.45, 7) is 13.0. The van der Waals surface area contributed by atoms with Gasteiger partial charge in [0, 0.05) is 25.0 Å². The fourth-order valence-corrected chi connectivity index (χ4v) is 3.93. The number of Topliss-reactive ketones (excluding diaryl/α,β-unsaturated/α-hetero) is 1. The summed E-state index contributed by atoms with van der Waals surface area (Å²) in [5.41, 5.74) is -0.142. The fourth-order valence-electron chi connectivity index (χ4n) is 3.93. The van der Waals surface area contributed by atoms with E-state index >= 15 is 0 Å². The van der Waals surface area contributed by atoms with E-state index in [4.69, 9.17) is 0 Å². The number of halogens is 1. The van der Waals surface area contributed by atoms with Crippen LogP contribution >= 0.6 is 0 Å². The standard InChI is InChI=1S/C27H37FN4O5/c1-14-12-17(10-11-18(14)28)30-23(34)19-15(2)20(32(9)16(19)3)21(33)24(35)31-22(26(4,5)6)25(36)29-13-27(7,8)37/h10-12,22,37H,13H2,1-9H3,(H,29,36)(H,30,34)(H,31,35)/t22-/m0/s1. The molecule has 4 N–H and O–H groups in total. The van der Waals surface area contributed by atoms with Crippen molar-refractivity contribution in [3.8, 4) is 0 Å². The molecule has 0 bridgehead atoms. The van der Waals surface area contributed by atoms with Gasteiger partial charge in [0.25, 0.3) is 17.6 Å². The van der Waals surface area contributed by atoms with Gasteiger partial charge in [-0.1, -0.05) is 20.8 Å². The smallest absolute Gasteiger partial charge is 0.294 e. The molecule has 2 rings (SSSR count). The van der Waals surface area contributed by atoms with Gasteiger partial charge in [-0.25, -0.2) is 4.39 Å². The van der Waals surface area contributed by atoms with E-state index in [1.54, 1.807) is 48.6 Å². The van der Waals surface area contributed by atoms with Crippen LogP contribution in [0.2, 0.25) is 0 Å². The summed E-state index contributed by atoms with van der Waals surface area (Å²) in [5.74, 6) is -3.33. The van der Waals surface area contributed by atoms with Crippen molar-refractivity contribution in [1.29, 1.82) is 0 Å². The van der Waals surface area contributed by atoms with Crippen molar-refractivity contribution in [1.82, 2.24) is 15.2 Å². The third kappa shape index (κ3) is 7.03. The molecule has 3 amide bonds. The van der Waals surface area contributed by atoms with Crippen LogP contribution in [0, 0.1) is 32.0 Å². The molecule has 0 unspecified atom stereocenters. The molecule has 1 heterocycles. The summed E-state index contributed by atoms with van der Waals surface area (Å²) >= 11 is 0. The largest absolute Gasteiger partial charge is 0.389 e. The third-order valence-electron chi connectivity index (χ3n) is 6.09. The van der Waals surface area contributed by atoms with Crippen molar-refractivity contribution in [3.63, 3.8) is 0 Å². The average molecular weight is 517 g/mol. The maximum Gasteiger partial charge on any atom is 0.294 e. The molecule has 10 heteroatoms. The maximum absolute atomic E-state index is 13.6. The summed E-state index contributed by atoms with van der Waals surface area (Å²) in [5, 5.41) is 17.7. The number of nitrogens with one attached hydrogen (secondary N) is 3. The minimum atomic E-state index is -1.15. The second kappa shape index (κ2) is 10.8. The number of rotatable bonds is 8. The summed E-state index contributed by atoms with van der Waals surface area (Å²) < 4.78 is 15.1. The first-order valence-electron chi connectivity index (χ1n) is 11.9. The molecule has 202 valence electrons. The minimum absolute atomic E-state index is 0.0139.